The third-order valence-electron chi connectivity index (χ3n) is 3.09. The molecule has 0 amide bonds. The van der Waals surface area contributed by atoms with Crippen LogP contribution < -0.4 is 0 Å². The smallest absolute Gasteiger partial charge is 0.0666 e. The van der Waals surface area contributed by atoms with E-state index < -0.39 is 0 Å². The normalized spacial score (nSPS) is 13.4. The maximum Gasteiger partial charge on any atom is 0.0666 e. The summed E-state index contributed by atoms with van der Waals surface area (Å²) in [6.45, 7) is 8.90. The van der Waals surface area contributed by atoms with Crippen molar-refractivity contribution in [2.45, 2.75) is 40.2 Å². The zero-order valence-electron chi connectivity index (χ0n) is 11.3. The van der Waals surface area contributed by atoms with Gasteiger partial charge in [0.2, 0.25) is 0 Å². The van der Waals surface area contributed by atoms with Crippen LogP contribution in [0.1, 0.15) is 38.4 Å². The zero-order valence-corrected chi connectivity index (χ0v) is 11.3. The van der Waals surface area contributed by atoms with Crippen LogP contribution >= 0.6 is 0 Å². The number of hydrogen-bond donors (Lipinski definition) is 0. The van der Waals surface area contributed by atoms with E-state index in [1.807, 2.05) is 11.7 Å². The summed E-state index contributed by atoms with van der Waals surface area (Å²) in [5.74, 6) is 0.770. The molecule has 0 saturated carbocycles. The molecule has 1 heterocycles. The van der Waals surface area contributed by atoms with E-state index in [2.05, 4.69) is 44.0 Å². The highest BCUT2D eigenvalue weighted by Crippen LogP contribution is 2.11. The zero-order chi connectivity index (χ0) is 12.1. The molecule has 1 rings (SSSR count). The van der Waals surface area contributed by atoms with Crippen molar-refractivity contribution in [2.75, 3.05) is 13.6 Å². The van der Waals surface area contributed by atoms with Gasteiger partial charge in [0, 0.05) is 31.9 Å². The lowest BCUT2D eigenvalue weighted by Crippen LogP contribution is -2.24. The van der Waals surface area contributed by atoms with Gasteiger partial charge < -0.3 is 4.90 Å². The van der Waals surface area contributed by atoms with Gasteiger partial charge in [0.05, 0.1) is 5.69 Å². The summed E-state index contributed by atoms with van der Waals surface area (Å²) in [6, 6.07) is 0. The molecule has 1 unspecified atom stereocenters. The van der Waals surface area contributed by atoms with Crippen molar-refractivity contribution in [3.05, 3.63) is 17.5 Å². The van der Waals surface area contributed by atoms with Crippen LogP contribution in [0, 0.1) is 5.92 Å². The Kier molecular flexibility index (Phi) is 5.00. The van der Waals surface area contributed by atoms with Gasteiger partial charge in [0.15, 0.2) is 0 Å². The number of nitrogens with zero attached hydrogens (tertiary/aromatic N) is 3. The number of aryl methyl sites for hydroxylation is 2. The third-order valence-corrected chi connectivity index (χ3v) is 3.09. The van der Waals surface area contributed by atoms with Crippen LogP contribution in [0.5, 0.6) is 0 Å². The first-order chi connectivity index (χ1) is 7.56. The van der Waals surface area contributed by atoms with E-state index in [0.717, 1.165) is 25.4 Å². The molecule has 3 heteroatoms. The van der Waals surface area contributed by atoms with Crippen molar-refractivity contribution in [3.63, 3.8) is 0 Å². The topological polar surface area (TPSA) is 21.1 Å². The van der Waals surface area contributed by atoms with Crippen molar-refractivity contribution in [3.8, 4) is 0 Å². The molecule has 1 atom stereocenters. The highest BCUT2D eigenvalue weighted by molar-refractivity contribution is 5.16. The molecule has 1 aromatic rings. The van der Waals surface area contributed by atoms with Gasteiger partial charge in [-0.3, -0.25) is 4.68 Å². The van der Waals surface area contributed by atoms with Gasteiger partial charge in [-0.1, -0.05) is 27.2 Å². The first kappa shape index (κ1) is 13.2. The molecule has 0 fully saturated rings. The van der Waals surface area contributed by atoms with Gasteiger partial charge >= 0.3 is 0 Å². The van der Waals surface area contributed by atoms with Gasteiger partial charge in [-0.2, -0.15) is 5.10 Å². The Labute approximate surface area is 99.4 Å². The molecule has 0 saturated heterocycles. The quantitative estimate of drug-likeness (QED) is 0.738. The van der Waals surface area contributed by atoms with Gasteiger partial charge in [-0.15, -0.1) is 0 Å². The maximum atomic E-state index is 4.47. The van der Waals surface area contributed by atoms with Crippen LogP contribution in [-0.2, 0) is 20.0 Å². The summed E-state index contributed by atoms with van der Waals surface area (Å²) in [5.41, 5.74) is 2.61. The fourth-order valence-corrected chi connectivity index (χ4v) is 2.03. The minimum absolute atomic E-state index is 0.770. The fourth-order valence-electron chi connectivity index (χ4n) is 2.03. The van der Waals surface area contributed by atoms with E-state index in [0.29, 0.717) is 0 Å². The van der Waals surface area contributed by atoms with Crippen molar-refractivity contribution in [1.82, 2.24) is 14.7 Å². The molecule has 92 valence electrons. The van der Waals surface area contributed by atoms with E-state index in [-0.39, 0.29) is 0 Å². The fraction of sp³-hybridized carbons (Fsp3) is 0.769. The molecule has 0 aliphatic rings. The Hall–Kier alpha value is -0.830. The van der Waals surface area contributed by atoms with Crippen molar-refractivity contribution < 1.29 is 0 Å². The summed E-state index contributed by atoms with van der Waals surface area (Å²) in [6.07, 6.45) is 4.41. The number of rotatable bonds is 6. The molecular weight excluding hydrogens is 198 g/mol. The van der Waals surface area contributed by atoms with Gasteiger partial charge in [0.1, 0.15) is 0 Å². The molecule has 0 bridgehead atoms. The lowest BCUT2D eigenvalue weighted by atomic mass is 10.1. The summed E-state index contributed by atoms with van der Waals surface area (Å²) >= 11 is 0. The van der Waals surface area contributed by atoms with Crippen LogP contribution in [0.3, 0.4) is 0 Å². The van der Waals surface area contributed by atoms with Gasteiger partial charge in [0.25, 0.3) is 0 Å². The second-order valence-corrected chi connectivity index (χ2v) is 4.84. The Morgan fingerprint density at radius 2 is 2.12 bits per heavy atom. The monoisotopic (exact) mass is 223 g/mol. The predicted molar refractivity (Wildman–Crippen MR) is 68.4 cm³/mol. The van der Waals surface area contributed by atoms with Crippen molar-refractivity contribution in [2.24, 2.45) is 13.0 Å². The Balaban J connectivity index is 2.58. The van der Waals surface area contributed by atoms with E-state index in [9.17, 15) is 0 Å². The van der Waals surface area contributed by atoms with E-state index in [4.69, 9.17) is 0 Å². The average molecular weight is 223 g/mol. The van der Waals surface area contributed by atoms with Crippen LogP contribution in [0.15, 0.2) is 6.20 Å². The van der Waals surface area contributed by atoms with Gasteiger partial charge in [-0.05, 0) is 19.4 Å². The molecular formula is C13H25N3. The molecule has 0 aliphatic heterocycles. The first-order valence-corrected chi connectivity index (χ1v) is 6.26. The van der Waals surface area contributed by atoms with Crippen LogP contribution in [0.2, 0.25) is 0 Å². The standard InChI is InChI=1S/C13H25N3/c1-6-11(3)8-15(4)9-12-10-16(5)14-13(12)7-2/h10-11H,6-9H2,1-5H3. The first-order valence-electron chi connectivity index (χ1n) is 6.26. The van der Waals surface area contributed by atoms with Crippen molar-refractivity contribution in [1.29, 1.82) is 0 Å². The molecule has 0 radical (unpaired) electrons. The van der Waals surface area contributed by atoms with E-state index in [1.54, 1.807) is 0 Å². The molecule has 3 nitrogen and oxygen atoms in total. The summed E-state index contributed by atoms with van der Waals surface area (Å²) in [7, 11) is 4.19. The lowest BCUT2D eigenvalue weighted by molar-refractivity contribution is 0.274. The van der Waals surface area contributed by atoms with Crippen LogP contribution in [0.4, 0.5) is 0 Å². The number of aromatic nitrogens is 2. The highest BCUT2D eigenvalue weighted by Gasteiger charge is 2.10. The second kappa shape index (κ2) is 6.04. The van der Waals surface area contributed by atoms with E-state index in [1.165, 1.54) is 17.7 Å². The Bertz CT molecular complexity index is 317. The largest absolute Gasteiger partial charge is 0.302 e. The molecule has 16 heavy (non-hydrogen) atoms. The predicted octanol–water partition coefficient (Wildman–Crippen LogP) is 2.46. The minimum Gasteiger partial charge on any atom is -0.302 e. The Morgan fingerprint density at radius 1 is 1.44 bits per heavy atom. The molecule has 0 aliphatic carbocycles. The van der Waals surface area contributed by atoms with Gasteiger partial charge in [-0.25, -0.2) is 0 Å². The molecule has 1 aromatic heterocycles. The summed E-state index contributed by atoms with van der Waals surface area (Å²) in [5, 5.41) is 4.47. The molecule has 0 aromatic carbocycles. The second-order valence-electron chi connectivity index (χ2n) is 4.84. The average Bonchev–Trinajstić information content (AvgIpc) is 2.58. The molecule has 0 N–H and O–H groups in total. The SMILES string of the molecule is CCc1nn(C)cc1CN(C)CC(C)CC. The van der Waals surface area contributed by atoms with Crippen molar-refractivity contribution >= 4 is 0 Å². The third kappa shape index (κ3) is 3.63. The summed E-state index contributed by atoms with van der Waals surface area (Å²) in [4.78, 5) is 2.39. The van der Waals surface area contributed by atoms with Crippen LogP contribution in [-0.4, -0.2) is 28.3 Å². The molecule has 0 spiro atoms. The lowest BCUT2D eigenvalue weighted by Gasteiger charge is -2.20. The van der Waals surface area contributed by atoms with E-state index >= 15 is 0 Å². The van der Waals surface area contributed by atoms with Crippen LogP contribution in [0.25, 0.3) is 0 Å². The highest BCUT2D eigenvalue weighted by atomic mass is 15.3. The minimum atomic E-state index is 0.770. The number of hydrogen-bond acceptors (Lipinski definition) is 2. The Morgan fingerprint density at radius 3 is 2.69 bits per heavy atom. The summed E-state index contributed by atoms with van der Waals surface area (Å²) < 4.78 is 1.92. The maximum absolute atomic E-state index is 4.47.